The van der Waals surface area contributed by atoms with Gasteiger partial charge in [0.05, 0.1) is 50.3 Å². The van der Waals surface area contributed by atoms with Crippen molar-refractivity contribution < 1.29 is 109 Å². The zero-order valence-corrected chi connectivity index (χ0v) is 45.4. The third-order valence-electron chi connectivity index (χ3n) is 20.6. The van der Waals surface area contributed by atoms with E-state index in [-0.39, 0.29) is 34.7 Å². The molecule has 22 nitrogen and oxygen atoms in total. The van der Waals surface area contributed by atoms with Crippen molar-refractivity contribution in [2.45, 2.75) is 254 Å². The lowest BCUT2D eigenvalue weighted by atomic mass is 9.39. The molecule has 0 aromatic rings. The van der Waals surface area contributed by atoms with Gasteiger partial charge in [0, 0.05) is 11.8 Å². The Morgan fingerprint density at radius 3 is 1.80 bits per heavy atom. The maximum Gasteiger partial charge on any atom is 0.187 e. The Morgan fingerprint density at radius 2 is 1.18 bits per heavy atom. The van der Waals surface area contributed by atoms with Gasteiger partial charge in [0.2, 0.25) is 0 Å². The maximum atomic E-state index is 11.8. The predicted octanol–water partition coefficient (Wildman–Crippen LogP) is -1.17. The van der Waals surface area contributed by atoms with Crippen molar-refractivity contribution in [3.63, 3.8) is 0 Å². The van der Waals surface area contributed by atoms with Gasteiger partial charge in [0.15, 0.2) is 25.2 Å². The molecule has 8 aliphatic rings. The van der Waals surface area contributed by atoms with Gasteiger partial charge in [-0.25, -0.2) is 0 Å². The summed E-state index contributed by atoms with van der Waals surface area (Å²) in [6.07, 6.45) is -19.9. The fourth-order valence-corrected chi connectivity index (χ4v) is 15.6. The summed E-state index contributed by atoms with van der Waals surface area (Å²) < 4.78 is 48.2. The van der Waals surface area contributed by atoms with E-state index in [1.165, 1.54) is 5.57 Å². The van der Waals surface area contributed by atoms with Crippen molar-refractivity contribution in [2.75, 3.05) is 26.4 Å². The van der Waals surface area contributed by atoms with Gasteiger partial charge in [0.1, 0.15) is 85.5 Å². The number of ether oxygens (including phenoxy) is 8. The first-order chi connectivity index (χ1) is 35.6. The van der Waals surface area contributed by atoms with E-state index in [0.29, 0.717) is 37.0 Å². The Bertz CT molecular complexity index is 1950. The average Bonchev–Trinajstić information content (AvgIpc) is 3.65. The van der Waals surface area contributed by atoms with Crippen LogP contribution in [0.2, 0.25) is 0 Å². The lowest BCUT2D eigenvalue weighted by Gasteiger charge is -2.66. The number of aliphatic hydroxyl groups is 14. The molecule has 4 aliphatic carbocycles. The second-order valence-corrected chi connectivity index (χ2v) is 25.7. The van der Waals surface area contributed by atoms with Crippen molar-refractivity contribution in [3.8, 4) is 0 Å². The van der Waals surface area contributed by atoms with Crippen LogP contribution in [0.15, 0.2) is 11.6 Å². The van der Waals surface area contributed by atoms with Gasteiger partial charge in [-0.05, 0) is 112 Å². The molecule has 7 fully saturated rings. The van der Waals surface area contributed by atoms with Gasteiger partial charge < -0.3 is 109 Å². The van der Waals surface area contributed by atoms with Gasteiger partial charge in [-0.15, -0.1) is 0 Å². The largest absolute Gasteiger partial charge is 0.394 e. The van der Waals surface area contributed by atoms with Crippen LogP contribution >= 0.6 is 0 Å². The minimum atomic E-state index is -1.82. The summed E-state index contributed by atoms with van der Waals surface area (Å²) in [6, 6.07) is 0. The van der Waals surface area contributed by atoms with E-state index in [4.69, 9.17) is 37.9 Å². The average molecular weight is 1090 g/mol. The zero-order valence-electron chi connectivity index (χ0n) is 45.4. The van der Waals surface area contributed by atoms with Crippen LogP contribution < -0.4 is 0 Å². The molecule has 440 valence electrons. The third-order valence-corrected chi connectivity index (χ3v) is 20.6. The molecule has 14 N–H and O–H groups in total. The molecule has 28 atom stereocenters. The molecule has 0 radical (unpaired) electrons. The third kappa shape index (κ3) is 11.0. The number of fused-ring (bicyclic) bond motifs is 5. The Hall–Kier alpha value is -1.14. The lowest BCUT2D eigenvalue weighted by Crippen LogP contribution is -2.64. The van der Waals surface area contributed by atoms with Crippen molar-refractivity contribution >= 4 is 0 Å². The molecule has 4 heterocycles. The van der Waals surface area contributed by atoms with Gasteiger partial charge in [0.25, 0.3) is 0 Å². The van der Waals surface area contributed by atoms with Gasteiger partial charge in [-0.2, -0.15) is 0 Å². The smallest absolute Gasteiger partial charge is 0.187 e. The minimum Gasteiger partial charge on any atom is -0.394 e. The van der Waals surface area contributed by atoms with Crippen molar-refractivity contribution in [2.24, 2.45) is 45.3 Å². The lowest BCUT2D eigenvalue weighted by molar-refractivity contribution is -0.374. The molecule has 4 saturated heterocycles. The van der Waals surface area contributed by atoms with Crippen LogP contribution in [0.1, 0.15) is 120 Å². The van der Waals surface area contributed by atoms with Crippen molar-refractivity contribution in [3.05, 3.63) is 11.6 Å². The van der Waals surface area contributed by atoms with Gasteiger partial charge in [-0.1, -0.05) is 53.2 Å². The van der Waals surface area contributed by atoms with E-state index in [2.05, 4.69) is 47.6 Å². The number of rotatable bonds is 17. The minimum absolute atomic E-state index is 0.00625. The Kier molecular flexibility index (Phi) is 18.6. The first-order valence-electron chi connectivity index (χ1n) is 27.8. The summed E-state index contributed by atoms with van der Waals surface area (Å²) in [5.41, 5.74) is -0.665. The van der Waals surface area contributed by atoms with Crippen LogP contribution in [0.3, 0.4) is 0 Å². The second-order valence-electron chi connectivity index (χ2n) is 25.7. The molecular weight excluding hydrogens is 1000 g/mol. The molecule has 0 bridgehead atoms. The maximum absolute atomic E-state index is 11.8. The van der Waals surface area contributed by atoms with Crippen LogP contribution in [0.4, 0.5) is 0 Å². The van der Waals surface area contributed by atoms with Gasteiger partial charge >= 0.3 is 0 Å². The first-order valence-corrected chi connectivity index (χ1v) is 27.8. The highest BCUT2D eigenvalue weighted by atomic mass is 16.8. The molecule has 8 rings (SSSR count). The predicted molar refractivity (Wildman–Crippen MR) is 265 cm³/mol. The Labute approximate surface area is 445 Å². The quantitative estimate of drug-likeness (QED) is 0.0763. The van der Waals surface area contributed by atoms with E-state index in [1.807, 2.05) is 0 Å². The standard InChI is InChI=1S/C54H92O22/c1-24(25-15-16-54(8)34-12-10-26-27(52(34,6)17-18-53(25,54)7)11-14-35(50(26,2)3)74-48-44(67)41(64)38(61)32(22-57)72-48)9-13-36(51(4,5)68)75-49-45(76-46-29(59)19-28(58)30(20-55)70-46)42(65)39(62)33(73-49)23-69-47-43(66)40(63)37(60)31(21-56)71-47/h10,24-25,27-49,55-68H,9,11-23H2,1-8H3. The number of hydrogen-bond acceptors (Lipinski definition) is 22. The second kappa shape index (κ2) is 23.3. The van der Waals surface area contributed by atoms with Crippen LogP contribution in [-0.4, -0.2) is 232 Å². The molecule has 28 unspecified atom stereocenters. The molecule has 0 aromatic heterocycles. The Balaban J connectivity index is 0.967. The summed E-state index contributed by atoms with van der Waals surface area (Å²) in [5.74, 6) is 1.16. The highest BCUT2D eigenvalue weighted by Gasteiger charge is 2.68. The van der Waals surface area contributed by atoms with Crippen molar-refractivity contribution in [1.82, 2.24) is 0 Å². The van der Waals surface area contributed by atoms with E-state index < -0.39 is 160 Å². The molecular formula is C54H92O22. The van der Waals surface area contributed by atoms with E-state index >= 15 is 0 Å². The molecule has 0 amide bonds. The molecule has 4 aliphatic heterocycles. The first kappa shape index (κ1) is 60.9. The van der Waals surface area contributed by atoms with Crippen LogP contribution in [0, 0.1) is 45.3 Å². The summed E-state index contributed by atoms with van der Waals surface area (Å²) >= 11 is 0. The topological polar surface area (TPSA) is 357 Å². The summed E-state index contributed by atoms with van der Waals surface area (Å²) in [4.78, 5) is 0. The van der Waals surface area contributed by atoms with E-state index in [0.717, 1.165) is 38.5 Å². The molecule has 3 saturated carbocycles. The van der Waals surface area contributed by atoms with E-state index in [9.17, 15) is 71.5 Å². The number of hydrogen-bond donors (Lipinski definition) is 14. The molecule has 76 heavy (non-hydrogen) atoms. The number of aliphatic hydroxyl groups excluding tert-OH is 13. The summed E-state index contributed by atoms with van der Waals surface area (Å²) in [6.45, 7) is 14.7. The Morgan fingerprint density at radius 1 is 0.605 bits per heavy atom. The molecule has 22 heteroatoms. The van der Waals surface area contributed by atoms with E-state index in [1.54, 1.807) is 13.8 Å². The van der Waals surface area contributed by atoms with Crippen LogP contribution in [0.5, 0.6) is 0 Å². The van der Waals surface area contributed by atoms with Crippen LogP contribution in [0.25, 0.3) is 0 Å². The molecule has 0 aromatic carbocycles. The SMILES string of the molecule is CC(CCC(OC1OC(COC2OC(CO)C(O)C(O)C2O)C(O)C(O)C1OC1OC(CO)C(O)CC1O)C(C)(C)O)C1CCC2(C)C3CC=C4C(CCC(OC5OC(CO)C(O)C(O)C5O)C4(C)C)C3(C)CCC12C. The fourth-order valence-electron chi connectivity index (χ4n) is 15.6. The number of allylic oxidation sites excluding steroid dienone is 1. The normalized spacial score (nSPS) is 50.5. The van der Waals surface area contributed by atoms with Crippen LogP contribution in [-0.2, 0) is 37.9 Å². The van der Waals surface area contributed by atoms with Gasteiger partial charge in [-0.3, -0.25) is 0 Å². The summed E-state index contributed by atoms with van der Waals surface area (Å²) in [5, 5.41) is 149. The fraction of sp³-hybridized carbons (Fsp3) is 0.963. The monoisotopic (exact) mass is 1090 g/mol. The molecule has 0 spiro atoms. The highest BCUT2D eigenvalue weighted by molar-refractivity contribution is 5.30. The summed E-state index contributed by atoms with van der Waals surface area (Å²) in [7, 11) is 0. The highest BCUT2D eigenvalue weighted by Crippen LogP contribution is 2.75. The van der Waals surface area contributed by atoms with Crippen molar-refractivity contribution in [1.29, 1.82) is 0 Å². The zero-order chi connectivity index (χ0) is 55.8.